The van der Waals surface area contributed by atoms with Crippen LogP contribution in [0.1, 0.15) is 46.0 Å². The lowest BCUT2D eigenvalue weighted by atomic mass is 9.96. The monoisotopic (exact) mass is 489 g/mol. The second kappa shape index (κ2) is 10.1. The summed E-state index contributed by atoms with van der Waals surface area (Å²) in [6.07, 6.45) is 6.03. The summed E-state index contributed by atoms with van der Waals surface area (Å²) in [5.41, 5.74) is 0.0105. The number of carbonyl (C=O) groups excluding carboxylic acids is 3. The van der Waals surface area contributed by atoms with Crippen LogP contribution in [0.25, 0.3) is 0 Å². The highest BCUT2D eigenvalue weighted by Gasteiger charge is 2.43. The van der Waals surface area contributed by atoms with Crippen molar-refractivity contribution in [1.29, 1.82) is 0 Å². The van der Waals surface area contributed by atoms with E-state index in [1.54, 1.807) is 38.1 Å². The number of fused-ring (bicyclic) bond motifs is 1. The quantitative estimate of drug-likeness (QED) is 0.447. The Morgan fingerprint density at radius 2 is 2.00 bits per heavy atom. The van der Waals surface area contributed by atoms with E-state index in [9.17, 15) is 14.4 Å². The van der Waals surface area contributed by atoms with Gasteiger partial charge in [0, 0.05) is 6.04 Å². The first kappa shape index (κ1) is 23.5. The summed E-state index contributed by atoms with van der Waals surface area (Å²) in [6.45, 7) is 2.86. The van der Waals surface area contributed by atoms with Gasteiger partial charge in [-0.2, -0.15) is 0 Å². The summed E-state index contributed by atoms with van der Waals surface area (Å²) < 4.78 is 5.87. The lowest BCUT2D eigenvalue weighted by Crippen LogP contribution is -2.59. The predicted octanol–water partition coefficient (Wildman–Crippen LogP) is 3.68. The Hall–Kier alpha value is -2.66. The fourth-order valence-corrected chi connectivity index (χ4v) is 5.64. The van der Waals surface area contributed by atoms with E-state index in [1.807, 2.05) is 0 Å². The standard InChI is InChI=1S/C22H27N5O4S2/c1-22(2)19(30)24-15-10-6-7-11-16(15)27(22)17(28)12-31-18(29)13-32-21-26-25-20(33-21)23-14-8-4-3-5-9-14/h6-7,10-11,14H,3-5,8-9,12-13H2,1-2H3,(H,23,25)(H,24,30). The zero-order chi connectivity index (χ0) is 23.4. The highest BCUT2D eigenvalue weighted by atomic mass is 32.2. The van der Waals surface area contributed by atoms with E-state index in [0.717, 1.165) is 18.0 Å². The van der Waals surface area contributed by atoms with Gasteiger partial charge in [0.25, 0.3) is 5.91 Å². The van der Waals surface area contributed by atoms with E-state index in [-0.39, 0.29) is 11.7 Å². The molecule has 2 aliphatic rings. The van der Waals surface area contributed by atoms with Crippen molar-refractivity contribution in [3.63, 3.8) is 0 Å². The Labute approximate surface area is 200 Å². The maximum absolute atomic E-state index is 12.9. The third-order valence-corrected chi connectivity index (χ3v) is 7.73. The Kier molecular flexibility index (Phi) is 7.18. The topological polar surface area (TPSA) is 114 Å². The van der Waals surface area contributed by atoms with Gasteiger partial charge in [-0.05, 0) is 38.8 Å². The minimum absolute atomic E-state index is 0.0197. The fourth-order valence-electron chi connectivity index (χ4n) is 4.02. The van der Waals surface area contributed by atoms with Crippen molar-refractivity contribution in [3.8, 4) is 0 Å². The molecule has 2 heterocycles. The number of aromatic nitrogens is 2. The molecule has 33 heavy (non-hydrogen) atoms. The summed E-state index contributed by atoms with van der Waals surface area (Å²) in [7, 11) is 0. The number of nitrogens with zero attached hydrogens (tertiary/aromatic N) is 3. The van der Waals surface area contributed by atoms with Crippen molar-refractivity contribution in [2.45, 2.75) is 61.9 Å². The van der Waals surface area contributed by atoms with Crippen LogP contribution < -0.4 is 15.5 Å². The van der Waals surface area contributed by atoms with Crippen LogP contribution in [-0.2, 0) is 19.1 Å². The van der Waals surface area contributed by atoms with Gasteiger partial charge >= 0.3 is 5.97 Å². The molecule has 2 N–H and O–H groups in total. The highest BCUT2D eigenvalue weighted by molar-refractivity contribution is 8.01. The van der Waals surface area contributed by atoms with Crippen LogP contribution in [0.4, 0.5) is 16.5 Å². The normalized spacial score (nSPS) is 17.8. The van der Waals surface area contributed by atoms with Crippen LogP contribution >= 0.6 is 23.1 Å². The van der Waals surface area contributed by atoms with Crippen LogP contribution in [0.3, 0.4) is 0 Å². The molecule has 0 bridgehead atoms. The van der Waals surface area contributed by atoms with Crippen LogP contribution in [0.2, 0.25) is 0 Å². The van der Waals surface area contributed by atoms with Crippen LogP contribution in [0, 0.1) is 0 Å². The molecule has 1 aliphatic heterocycles. The first-order valence-electron chi connectivity index (χ1n) is 11.0. The second-order valence-electron chi connectivity index (χ2n) is 8.56. The second-order valence-corrected chi connectivity index (χ2v) is 10.8. The molecule has 1 fully saturated rings. The molecular weight excluding hydrogens is 462 g/mol. The van der Waals surface area contributed by atoms with Gasteiger partial charge in [0.2, 0.25) is 11.0 Å². The molecule has 1 aliphatic carbocycles. The molecule has 0 unspecified atom stereocenters. The van der Waals surface area contributed by atoms with Crippen LogP contribution in [0.15, 0.2) is 28.6 Å². The summed E-state index contributed by atoms with van der Waals surface area (Å²) in [4.78, 5) is 39.0. The lowest BCUT2D eigenvalue weighted by molar-refractivity contribution is -0.145. The number of ether oxygens (including phenoxy) is 1. The molecule has 0 spiro atoms. The van der Waals surface area contributed by atoms with Crippen LogP contribution in [0.5, 0.6) is 0 Å². The zero-order valence-corrected chi connectivity index (χ0v) is 20.3. The highest BCUT2D eigenvalue weighted by Crippen LogP contribution is 2.36. The number of thioether (sulfide) groups is 1. The summed E-state index contributed by atoms with van der Waals surface area (Å²) in [6, 6.07) is 7.48. The predicted molar refractivity (Wildman–Crippen MR) is 129 cm³/mol. The third kappa shape index (κ3) is 5.47. The molecule has 11 heteroatoms. The third-order valence-electron chi connectivity index (χ3n) is 5.77. The molecule has 1 aromatic heterocycles. The molecule has 2 amide bonds. The van der Waals surface area contributed by atoms with E-state index < -0.39 is 24.0 Å². The van der Waals surface area contributed by atoms with Crippen molar-refractivity contribution in [2.24, 2.45) is 0 Å². The maximum atomic E-state index is 12.9. The smallest absolute Gasteiger partial charge is 0.316 e. The summed E-state index contributed by atoms with van der Waals surface area (Å²) >= 11 is 2.64. The van der Waals surface area contributed by atoms with Gasteiger partial charge in [-0.15, -0.1) is 10.2 Å². The molecule has 0 atom stereocenters. The van der Waals surface area contributed by atoms with Gasteiger partial charge in [-0.25, -0.2) is 0 Å². The van der Waals surface area contributed by atoms with E-state index in [1.165, 1.54) is 47.3 Å². The number of carbonyl (C=O) groups is 3. The minimum atomic E-state index is -1.11. The van der Waals surface area contributed by atoms with E-state index in [4.69, 9.17) is 4.74 Å². The molecular formula is C22H27N5O4S2. The Morgan fingerprint density at radius 1 is 1.24 bits per heavy atom. The number of para-hydroxylation sites is 2. The molecule has 1 aromatic carbocycles. The van der Waals surface area contributed by atoms with Gasteiger partial charge in [0.1, 0.15) is 5.54 Å². The number of benzene rings is 1. The number of hydrogen-bond donors (Lipinski definition) is 2. The molecule has 2 aromatic rings. The first-order chi connectivity index (χ1) is 15.8. The number of anilines is 3. The summed E-state index contributed by atoms with van der Waals surface area (Å²) in [5.74, 6) is -1.27. The van der Waals surface area contributed by atoms with Gasteiger partial charge in [0.05, 0.1) is 17.1 Å². The number of nitrogens with one attached hydrogen (secondary N) is 2. The van der Waals surface area contributed by atoms with Crippen molar-refractivity contribution in [1.82, 2.24) is 10.2 Å². The van der Waals surface area contributed by atoms with Crippen molar-refractivity contribution < 1.29 is 19.1 Å². The van der Waals surface area contributed by atoms with E-state index in [0.29, 0.717) is 21.8 Å². The van der Waals surface area contributed by atoms with E-state index >= 15 is 0 Å². The SMILES string of the molecule is CC1(C)C(=O)Nc2ccccc2N1C(=O)COC(=O)CSc1nnc(NC2CCCCC2)s1. The number of amides is 2. The van der Waals surface area contributed by atoms with Crippen LogP contribution in [-0.4, -0.2) is 51.9 Å². The average Bonchev–Trinajstić information content (AvgIpc) is 3.24. The maximum Gasteiger partial charge on any atom is 0.316 e. The molecule has 176 valence electrons. The Bertz CT molecular complexity index is 1040. The Balaban J connectivity index is 1.28. The van der Waals surface area contributed by atoms with Crippen molar-refractivity contribution in [3.05, 3.63) is 24.3 Å². The molecule has 4 rings (SSSR count). The van der Waals surface area contributed by atoms with Gasteiger partial charge in [-0.3, -0.25) is 19.3 Å². The number of hydrogen-bond acceptors (Lipinski definition) is 9. The fraction of sp³-hybridized carbons (Fsp3) is 0.500. The average molecular weight is 490 g/mol. The number of esters is 1. The van der Waals surface area contributed by atoms with Gasteiger partial charge < -0.3 is 15.4 Å². The first-order valence-corrected chi connectivity index (χ1v) is 12.8. The van der Waals surface area contributed by atoms with Gasteiger partial charge in [0.15, 0.2) is 10.9 Å². The minimum Gasteiger partial charge on any atom is -0.455 e. The molecule has 1 saturated carbocycles. The zero-order valence-electron chi connectivity index (χ0n) is 18.6. The molecule has 0 saturated heterocycles. The number of rotatable bonds is 7. The lowest BCUT2D eigenvalue weighted by Gasteiger charge is -2.41. The largest absolute Gasteiger partial charge is 0.455 e. The van der Waals surface area contributed by atoms with E-state index in [2.05, 4.69) is 20.8 Å². The molecule has 0 radical (unpaired) electrons. The van der Waals surface area contributed by atoms with Gasteiger partial charge in [-0.1, -0.05) is 54.5 Å². The van der Waals surface area contributed by atoms with Crippen molar-refractivity contribution in [2.75, 3.05) is 27.9 Å². The van der Waals surface area contributed by atoms with Crippen molar-refractivity contribution >= 4 is 57.4 Å². The molecule has 9 nitrogen and oxygen atoms in total. The summed E-state index contributed by atoms with van der Waals surface area (Å²) in [5, 5.41) is 15.3. The Morgan fingerprint density at radius 3 is 2.79 bits per heavy atom.